The van der Waals surface area contributed by atoms with Gasteiger partial charge in [0, 0.05) is 39.8 Å². The van der Waals surface area contributed by atoms with E-state index < -0.39 is 10.0 Å². The van der Waals surface area contributed by atoms with Crippen molar-refractivity contribution in [3.8, 4) is 0 Å². The second-order valence-corrected chi connectivity index (χ2v) is 8.04. The zero-order valence-electron chi connectivity index (χ0n) is 11.8. The molecule has 1 atom stereocenters. The van der Waals surface area contributed by atoms with Gasteiger partial charge < -0.3 is 10.2 Å². The molecule has 2 heterocycles. The van der Waals surface area contributed by atoms with Crippen LogP contribution in [0.4, 0.5) is 0 Å². The Morgan fingerprint density at radius 1 is 1.50 bits per heavy atom. The molecule has 112 valence electrons. The fourth-order valence-electron chi connectivity index (χ4n) is 2.11. The molecule has 2 rings (SSSR count). The number of carbonyl (C=O) groups excluding carboxylic acids is 1. The topological polar surface area (TPSA) is 69.7 Å². The van der Waals surface area contributed by atoms with Crippen LogP contribution in [-0.2, 0) is 10.0 Å². The summed E-state index contributed by atoms with van der Waals surface area (Å²) >= 11 is 1.18. The Hall–Kier alpha value is -0.960. The average Bonchev–Trinajstić information content (AvgIpc) is 2.87. The molecule has 0 spiro atoms. The summed E-state index contributed by atoms with van der Waals surface area (Å²) in [6.45, 7) is 3.93. The fraction of sp³-hybridized carbons (Fsp3) is 0.583. The Kier molecular flexibility index (Phi) is 4.48. The van der Waals surface area contributed by atoms with E-state index in [2.05, 4.69) is 5.32 Å². The van der Waals surface area contributed by atoms with Crippen LogP contribution in [0.15, 0.2) is 16.3 Å². The van der Waals surface area contributed by atoms with Crippen LogP contribution in [-0.4, -0.2) is 63.3 Å². The number of hydrogen-bond acceptors (Lipinski definition) is 5. The Bertz CT molecular complexity index is 595. The predicted molar refractivity (Wildman–Crippen MR) is 78.6 cm³/mol. The van der Waals surface area contributed by atoms with Crippen LogP contribution in [0.5, 0.6) is 0 Å². The molecular weight excluding hydrogens is 298 g/mol. The van der Waals surface area contributed by atoms with Crippen LogP contribution in [0.2, 0.25) is 0 Å². The summed E-state index contributed by atoms with van der Waals surface area (Å²) in [4.78, 5) is 14.6. The van der Waals surface area contributed by atoms with Gasteiger partial charge in [0.25, 0.3) is 5.91 Å². The first-order chi connectivity index (χ1) is 9.34. The number of sulfonamides is 1. The molecule has 1 amide bonds. The Labute approximate surface area is 123 Å². The Balaban J connectivity index is 2.31. The molecule has 0 bridgehead atoms. The minimum atomic E-state index is -3.58. The highest BCUT2D eigenvalue weighted by Crippen LogP contribution is 2.25. The highest BCUT2D eigenvalue weighted by molar-refractivity contribution is 7.89. The van der Waals surface area contributed by atoms with E-state index in [-0.39, 0.29) is 16.8 Å². The lowest BCUT2D eigenvalue weighted by Gasteiger charge is -2.31. The van der Waals surface area contributed by atoms with Crippen molar-refractivity contribution in [2.75, 3.05) is 33.7 Å². The summed E-state index contributed by atoms with van der Waals surface area (Å²) in [6, 6.07) is 1.72. The van der Waals surface area contributed by atoms with E-state index in [4.69, 9.17) is 0 Å². The van der Waals surface area contributed by atoms with Crippen LogP contribution in [0.25, 0.3) is 0 Å². The molecule has 20 heavy (non-hydrogen) atoms. The molecule has 0 saturated carbocycles. The largest absolute Gasteiger partial charge is 0.335 e. The number of piperazine rings is 1. The highest BCUT2D eigenvalue weighted by atomic mass is 32.2. The maximum absolute atomic E-state index is 12.5. The van der Waals surface area contributed by atoms with Crippen molar-refractivity contribution in [2.24, 2.45) is 0 Å². The highest BCUT2D eigenvalue weighted by Gasteiger charge is 2.30. The van der Waals surface area contributed by atoms with Gasteiger partial charge >= 0.3 is 0 Å². The van der Waals surface area contributed by atoms with Crippen LogP contribution in [0.3, 0.4) is 0 Å². The van der Waals surface area contributed by atoms with E-state index in [1.165, 1.54) is 31.5 Å². The number of nitrogens with zero attached hydrogens (tertiary/aromatic N) is 2. The average molecular weight is 317 g/mol. The second kappa shape index (κ2) is 5.80. The van der Waals surface area contributed by atoms with Gasteiger partial charge in [-0.25, -0.2) is 12.7 Å². The first-order valence-electron chi connectivity index (χ1n) is 6.36. The van der Waals surface area contributed by atoms with Crippen LogP contribution in [0.1, 0.15) is 16.6 Å². The van der Waals surface area contributed by atoms with E-state index in [9.17, 15) is 13.2 Å². The van der Waals surface area contributed by atoms with Crippen molar-refractivity contribution in [1.82, 2.24) is 14.5 Å². The van der Waals surface area contributed by atoms with E-state index in [0.29, 0.717) is 18.0 Å². The summed E-state index contributed by atoms with van der Waals surface area (Å²) in [6.07, 6.45) is 0. The van der Waals surface area contributed by atoms with Crippen molar-refractivity contribution in [1.29, 1.82) is 0 Å². The lowest BCUT2D eigenvalue weighted by molar-refractivity contribution is 0.0710. The zero-order valence-corrected chi connectivity index (χ0v) is 13.4. The Morgan fingerprint density at radius 3 is 2.80 bits per heavy atom. The predicted octanol–water partition coefficient (Wildman–Crippen LogP) is 0.432. The van der Waals surface area contributed by atoms with Crippen LogP contribution >= 0.6 is 11.3 Å². The van der Waals surface area contributed by atoms with Crippen molar-refractivity contribution in [3.63, 3.8) is 0 Å². The number of thiophene rings is 1. The number of carbonyl (C=O) groups is 1. The molecule has 0 aromatic carbocycles. The van der Waals surface area contributed by atoms with Crippen molar-refractivity contribution in [2.45, 2.75) is 17.9 Å². The molecule has 1 saturated heterocycles. The maximum Gasteiger partial charge on any atom is 0.265 e. The minimum Gasteiger partial charge on any atom is -0.335 e. The molecule has 1 fully saturated rings. The van der Waals surface area contributed by atoms with E-state index in [0.717, 1.165) is 10.8 Å². The molecule has 6 nitrogen and oxygen atoms in total. The van der Waals surface area contributed by atoms with Gasteiger partial charge in [-0.3, -0.25) is 4.79 Å². The number of amides is 1. The summed E-state index contributed by atoms with van der Waals surface area (Å²) < 4.78 is 25.6. The molecule has 1 aliphatic rings. The number of nitrogens with one attached hydrogen (secondary N) is 1. The smallest absolute Gasteiger partial charge is 0.265 e. The lowest BCUT2D eigenvalue weighted by Crippen LogP contribution is -2.51. The molecule has 1 aromatic rings. The van der Waals surface area contributed by atoms with Gasteiger partial charge in [0.2, 0.25) is 10.0 Å². The molecule has 1 aliphatic heterocycles. The standard InChI is InChI=1S/C12H19N3O3S2/c1-9-8-15(6-5-13-9)12(16)11-10(4-7-19-11)20(17,18)14(2)3/h4,7,9,13H,5-6,8H2,1-3H3. The molecular formula is C12H19N3O3S2. The second-order valence-electron chi connectivity index (χ2n) is 5.01. The maximum atomic E-state index is 12.5. The molecule has 8 heteroatoms. The SMILES string of the molecule is CC1CN(C(=O)c2sccc2S(=O)(=O)N(C)C)CCN1. The quantitative estimate of drug-likeness (QED) is 0.878. The van der Waals surface area contributed by atoms with Gasteiger partial charge in [0.15, 0.2) is 0 Å². The summed E-state index contributed by atoms with van der Waals surface area (Å²) in [7, 11) is -0.648. The number of rotatable bonds is 3. The zero-order chi connectivity index (χ0) is 14.9. The first-order valence-corrected chi connectivity index (χ1v) is 8.68. The number of hydrogen-bond donors (Lipinski definition) is 1. The minimum absolute atomic E-state index is 0.101. The van der Waals surface area contributed by atoms with Crippen LogP contribution in [0, 0.1) is 0 Å². The molecule has 1 N–H and O–H groups in total. The normalized spacial score (nSPS) is 20.4. The van der Waals surface area contributed by atoms with Crippen molar-refractivity contribution < 1.29 is 13.2 Å². The fourth-order valence-corrected chi connectivity index (χ4v) is 4.37. The third kappa shape index (κ3) is 2.88. The monoisotopic (exact) mass is 317 g/mol. The van der Waals surface area contributed by atoms with Crippen LogP contribution < -0.4 is 5.32 Å². The molecule has 0 radical (unpaired) electrons. The molecule has 1 unspecified atom stereocenters. The van der Waals surface area contributed by atoms with Crippen molar-refractivity contribution >= 4 is 27.3 Å². The lowest BCUT2D eigenvalue weighted by atomic mass is 10.2. The van der Waals surface area contributed by atoms with Gasteiger partial charge in [-0.2, -0.15) is 0 Å². The van der Waals surface area contributed by atoms with E-state index in [1.807, 2.05) is 6.92 Å². The van der Waals surface area contributed by atoms with E-state index >= 15 is 0 Å². The van der Waals surface area contributed by atoms with Gasteiger partial charge in [-0.1, -0.05) is 0 Å². The summed E-state index contributed by atoms with van der Waals surface area (Å²) in [5.41, 5.74) is 0. The Morgan fingerprint density at radius 2 is 2.20 bits per heavy atom. The van der Waals surface area contributed by atoms with Gasteiger partial charge in [-0.15, -0.1) is 11.3 Å². The van der Waals surface area contributed by atoms with E-state index in [1.54, 1.807) is 10.3 Å². The summed E-state index contributed by atoms with van der Waals surface area (Å²) in [5.74, 6) is -0.200. The van der Waals surface area contributed by atoms with Gasteiger partial charge in [-0.05, 0) is 18.4 Å². The van der Waals surface area contributed by atoms with Crippen molar-refractivity contribution in [3.05, 3.63) is 16.3 Å². The third-order valence-electron chi connectivity index (χ3n) is 3.24. The van der Waals surface area contributed by atoms with Gasteiger partial charge in [0.05, 0.1) is 0 Å². The third-order valence-corrected chi connectivity index (χ3v) is 6.13. The van der Waals surface area contributed by atoms with Gasteiger partial charge in [0.1, 0.15) is 9.77 Å². The molecule has 0 aliphatic carbocycles. The first kappa shape index (κ1) is 15.4. The molecule has 1 aromatic heterocycles. The summed E-state index contributed by atoms with van der Waals surface area (Å²) in [5, 5.41) is 4.91.